The number of hydrogen-bond acceptors (Lipinski definition) is 4. The highest BCUT2D eigenvalue weighted by molar-refractivity contribution is 6.33. The molecule has 5 nitrogen and oxygen atoms in total. The second kappa shape index (κ2) is 6.10. The fourth-order valence-corrected chi connectivity index (χ4v) is 3.01. The summed E-state index contributed by atoms with van der Waals surface area (Å²) in [6, 6.07) is 10.1. The van der Waals surface area contributed by atoms with Crippen LogP contribution in [0.4, 0.5) is 5.69 Å². The summed E-state index contributed by atoms with van der Waals surface area (Å²) in [7, 11) is 1.59. The fourth-order valence-electron chi connectivity index (χ4n) is 2.72. The largest absolute Gasteiger partial charge is 0.367 e. The molecule has 2 aromatic rings. The zero-order valence-electron chi connectivity index (χ0n) is 12.6. The van der Waals surface area contributed by atoms with Crippen molar-refractivity contribution < 1.29 is 4.74 Å². The van der Waals surface area contributed by atoms with E-state index >= 15 is 0 Å². The molecular formula is C16H18ClN3O2. The number of hydrogen-bond donors (Lipinski definition) is 0. The Bertz CT molecular complexity index is 717. The third-order valence-corrected chi connectivity index (χ3v) is 4.19. The van der Waals surface area contributed by atoms with Gasteiger partial charge in [0.25, 0.3) is 5.56 Å². The van der Waals surface area contributed by atoms with Crippen molar-refractivity contribution in [2.45, 2.75) is 19.1 Å². The summed E-state index contributed by atoms with van der Waals surface area (Å²) in [6.07, 6.45) is 1.63. The van der Waals surface area contributed by atoms with Gasteiger partial charge in [-0.05, 0) is 12.5 Å². The van der Waals surface area contributed by atoms with Crippen molar-refractivity contribution in [1.29, 1.82) is 0 Å². The Labute approximate surface area is 134 Å². The van der Waals surface area contributed by atoms with Crippen LogP contribution < -0.4 is 10.5 Å². The van der Waals surface area contributed by atoms with E-state index in [0.29, 0.717) is 18.8 Å². The number of morpholine rings is 1. The average Bonchev–Trinajstić information content (AvgIpc) is 2.53. The Balaban J connectivity index is 1.92. The van der Waals surface area contributed by atoms with Crippen LogP contribution in [0.15, 0.2) is 41.3 Å². The average molecular weight is 320 g/mol. The van der Waals surface area contributed by atoms with Gasteiger partial charge in [0.05, 0.1) is 18.0 Å². The Morgan fingerprint density at radius 1 is 1.27 bits per heavy atom. The first-order chi connectivity index (χ1) is 10.6. The molecule has 3 rings (SSSR count). The topological polar surface area (TPSA) is 47.4 Å². The molecule has 0 spiro atoms. The molecule has 2 unspecified atom stereocenters. The van der Waals surface area contributed by atoms with Gasteiger partial charge in [-0.25, -0.2) is 4.68 Å². The smallest absolute Gasteiger partial charge is 0.287 e. The molecule has 1 aromatic carbocycles. The zero-order valence-corrected chi connectivity index (χ0v) is 13.3. The number of aromatic nitrogens is 2. The van der Waals surface area contributed by atoms with Crippen molar-refractivity contribution in [3.63, 3.8) is 0 Å². The number of ether oxygens (including phenoxy) is 1. The summed E-state index contributed by atoms with van der Waals surface area (Å²) in [5, 5.41) is 4.28. The number of benzene rings is 1. The number of aryl methyl sites for hydroxylation is 1. The molecule has 116 valence electrons. The molecule has 0 N–H and O–H groups in total. The Hall–Kier alpha value is -1.85. The van der Waals surface area contributed by atoms with E-state index in [4.69, 9.17) is 16.3 Å². The van der Waals surface area contributed by atoms with Crippen molar-refractivity contribution in [3.05, 3.63) is 57.5 Å². The first-order valence-electron chi connectivity index (χ1n) is 7.23. The third kappa shape index (κ3) is 2.87. The van der Waals surface area contributed by atoms with Gasteiger partial charge in [-0.1, -0.05) is 41.9 Å². The molecule has 2 atom stereocenters. The molecule has 0 aliphatic carbocycles. The van der Waals surface area contributed by atoms with Crippen LogP contribution in [0.5, 0.6) is 0 Å². The van der Waals surface area contributed by atoms with Crippen LogP contribution in [-0.4, -0.2) is 29.0 Å². The van der Waals surface area contributed by atoms with Crippen LogP contribution in [0.1, 0.15) is 18.6 Å². The molecule has 0 amide bonds. The normalized spacial score (nSPS) is 21.9. The molecule has 1 aromatic heterocycles. The molecule has 0 radical (unpaired) electrons. The zero-order chi connectivity index (χ0) is 15.7. The maximum Gasteiger partial charge on any atom is 0.287 e. The molecule has 0 bridgehead atoms. The molecule has 0 saturated carbocycles. The first-order valence-corrected chi connectivity index (χ1v) is 7.61. The van der Waals surface area contributed by atoms with Crippen LogP contribution in [0.25, 0.3) is 0 Å². The standard InChI is InChI=1S/C16H18ClN3O2/c1-11-9-20(13-8-18-19(2)16(21)15(13)17)10-14(22-11)12-6-4-3-5-7-12/h3-8,11,14H,9-10H2,1-2H3. The molecule has 1 fully saturated rings. The van der Waals surface area contributed by atoms with E-state index in [2.05, 4.69) is 10.00 Å². The second-order valence-corrected chi connectivity index (χ2v) is 5.90. The third-order valence-electron chi connectivity index (χ3n) is 3.83. The number of anilines is 1. The molecule has 1 aliphatic rings. The van der Waals surface area contributed by atoms with Crippen LogP contribution in [0.2, 0.25) is 5.02 Å². The Kier molecular flexibility index (Phi) is 4.18. The van der Waals surface area contributed by atoms with Gasteiger partial charge < -0.3 is 9.64 Å². The molecule has 2 heterocycles. The van der Waals surface area contributed by atoms with E-state index in [1.54, 1.807) is 13.2 Å². The van der Waals surface area contributed by atoms with Crippen molar-refractivity contribution in [2.24, 2.45) is 7.05 Å². The minimum atomic E-state index is -0.283. The number of nitrogens with zero attached hydrogens (tertiary/aromatic N) is 3. The van der Waals surface area contributed by atoms with Crippen molar-refractivity contribution in [1.82, 2.24) is 9.78 Å². The van der Waals surface area contributed by atoms with Crippen LogP contribution in [0.3, 0.4) is 0 Å². The first kappa shape index (κ1) is 15.1. The van der Waals surface area contributed by atoms with Crippen molar-refractivity contribution >= 4 is 17.3 Å². The van der Waals surface area contributed by atoms with E-state index in [1.807, 2.05) is 37.3 Å². The van der Waals surface area contributed by atoms with Crippen LogP contribution >= 0.6 is 11.6 Å². The predicted octanol–water partition coefficient (Wildman–Crippen LogP) is 2.40. The van der Waals surface area contributed by atoms with E-state index in [1.165, 1.54) is 4.68 Å². The van der Waals surface area contributed by atoms with E-state index < -0.39 is 0 Å². The molecule has 1 saturated heterocycles. The number of halogens is 1. The lowest BCUT2D eigenvalue weighted by molar-refractivity contribution is -0.0174. The molecule has 6 heteroatoms. The quantitative estimate of drug-likeness (QED) is 0.853. The van der Waals surface area contributed by atoms with Gasteiger partial charge in [-0.2, -0.15) is 5.10 Å². The summed E-state index contributed by atoms with van der Waals surface area (Å²) in [5.41, 5.74) is 1.50. The van der Waals surface area contributed by atoms with Gasteiger partial charge in [0.15, 0.2) is 0 Å². The summed E-state index contributed by atoms with van der Waals surface area (Å²) in [4.78, 5) is 14.0. The maximum absolute atomic E-state index is 12.0. The molecule has 1 aliphatic heterocycles. The Morgan fingerprint density at radius 2 is 2.00 bits per heavy atom. The van der Waals surface area contributed by atoms with Crippen molar-refractivity contribution in [3.8, 4) is 0 Å². The van der Waals surface area contributed by atoms with Gasteiger partial charge in [-0.15, -0.1) is 0 Å². The van der Waals surface area contributed by atoms with Gasteiger partial charge in [0.1, 0.15) is 11.1 Å². The monoisotopic (exact) mass is 319 g/mol. The minimum Gasteiger partial charge on any atom is -0.367 e. The van der Waals surface area contributed by atoms with Gasteiger partial charge in [-0.3, -0.25) is 4.79 Å². The summed E-state index contributed by atoms with van der Waals surface area (Å²) in [6.45, 7) is 3.34. The minimum absolute atomic E-state index is 0.0408. The van der Waals surface area contributed by atoms with Gasteiger partial charge in [0.2, 0.25) is 0 Å². The van der Waals surface area contributed by atoms with E-state index in [9.17, 15) is 4.79 Å². The fraction of sp³-hybridized carbons (Fsp3) is 0.375. The highest BCUT2D eigenvalue weighted by atomic mass is 35.5. The van der Waals surface area contributed by atoms with E-state index in [0.717, 1.165) is 5.56 Å². The Morgan fingerprint density at radius 3 is 2.73 bits per heavy atom. The molecular weight excluding hydrogens is 302 g/mol. The summed E-state index contributed by atoms with van der Waals surface area (Å²) >= 11 is 6.22. The lowest BCUT2D eigenvalue weighted by atomic mass is 10.1. The lowest BCUT2D eigenvalue weighted by Gasteiger charge is -2.38. The van der Waals surface area contributed by atoms with Gasteiger partial charge >= 0.3 is 0 Å². The van der Waals surface area contributed by atoms with Gasteiger partial charge in [0, 0.05) is 20.1 Å². The second-order valence-electron chi connectivity index (χ2n) is 5.52. The highest BCUT2D eigenvalue weighted by Gasteiger charge is 2.28. The maximum atomic E-state index is 12.0. The SMILES string of the molecule is CC1CN(c2cnn(C)c(=O)c2Cl)CC(c2ccccc2)O1. The summed E-state index contributed by atoms with van der Waals surface area (Å²) < 4.78 is 7.27. The molecule has 22 heavy (non-hydrogen) atoms. The summed E-state index contributed by atoms with van der Waals surface area (Å²) in [5.74, 6) is 0. The number of rotatable bonds is 2. The van der Waals surface area contributed by atoms with Crippen LogP contribution in [-0.2, 0) is 11.8 Å². The predicted molar refractivity (Wildman–Crippen MR) is 86.4 cm³/mol. The van der Waals surface area contributed by atoms with E-state index in [-0.39, 0.29) is 22.8 Å². The lowest BCUT2D eigenvalue weighted by Crippen LogP contribution is -2.43. The highest BCUT2D eigenvalue weighted by Crippen LogP contribution is 2.30. The van der Waals surface area contributed by atoms with Crippen molar-refractivity contribution in [2.75, 3.05) is 18.0 Å². The van der Waals surface area contributed by atoms with Crippen LogP contribution in [0, 0.1) is 0 Å².